The van der Waals surface area contributed by atoms with Crippen LogP contribution >= 0.6 is 23.5 Å². The van der Waals surface area contributed by atoms with Gasteiger partial charge in [-0.1, -0.05) is 17.7 Å². The lowest BCUT2D eigenvalue weighted by molar-refractivity contribution is 0.0373. The summed E-state index contributed by atoms with van der Waals surface area (Å²) in [4.78, 5) is 3.49. The van der Waals surface area contributed by atoms with Gasteiger partial charge in [-0.2, -0.15) is 0 Å². The molecule has 1 aliphatic heterocycles. The third-order valence-corrected chi connectivity index (χ3v) is 5.92. The number of hydrogen-bond acceptors (Lipinski definition) is 4. The first-order valence-corrected chi connectivity index (χ1v) is 10.5. The van der Waals surface area contributed by atoms with Gasteiger partial charge in [0, 0.05) is 29.6 Å². The Labute approximate surface area is 170 Å². The molecule has 1 saturated heterocycles. The summed E-state index contributed by atoms with van der Waals surface area (Å²) in [5, 5.41) is 0.707. The van der Waals surface area contributed by atoms with Gasteiger partial charge < -0.3 is 9.04 Å². The molecule has 0 unspecified atom stereocenters. The summed E-state index contributed by atoms with van der Waals surface area (Å²) in [6.07, 6.45) is 2.09. The number of rotatable bonds is 8. The number of unbranched alkanes of at least 4 members (excludes halogenated alkanes) is 1. The maximum absolute atomic E-state index is 14.5. The van der Waals surface area contributed by atoms with Crippen molar-refractivity contribution in [1.82, 2.24) is 4.90 Å². The molecule has 1 aliphatic rings. The van der Waals surface area contributed by atoms with E-state index in [1.807, 2.05) is 43.3 Å². The molecule has 146 valence electrons. The second kappa shape index (κ2) is 10.3. The maximum Gasteiger partial charge on any atom is 0.147 e. The number of aryl methyl sites for hydroxylation is 1. The Morgan fingerprint density at radius 3 is 2.59 bits per heavy atom. The quantitative estimate of drug-likeness (QED) is 0.428. The van der Waals surface area contributed by atoms with Gasteiger partial charge in [-0.15, -0.1) is 0 Å². The summed E-state index contributed by atoms with van der Waals surface area (Å²) in [5.74, 6) is -0.185. The smallest absolute Gasteiger partial charge is 0.147 e. The first kappa shape index (κ1) is 20.5. The minimum atomic E-state index is -0.185. The summed E-state index contributed by atoms with van der Waals surface area (Å²) < 4.78 is 21.9. The van der Waals surface area contributed by atoms with Gasteiger partial charge in [0.15, 0.2) is 0 Å². The average Bonchev–Trinajstić information content (AvgIpc) is 2.68. The Hall–Kier alpha value is -1.27. The summed E-state index contributed by atoms with van der Waals surface area (Å²) in [6, 6.07) is 13.0. The molecule has 1 heterocycles. The molecule has 0 bridgehead atoms. The molecule has 27 heavy (non-hydrogen) atoms. The second-order valence-electron chi connectivity index (χ2n) is 6.76. The topological polar surface area (TPSA) is 15.7 Å². The zero-order valence-corrected chi connectivity index (χ0v) is 17.2. The van der Waals surface area contributed by atoms with Gasteiger partial charge in [-0.3, -0.25) is 4.90 Å². The molecule has 0 N–H and O–H groups in total. The van der Waals surface area contributed by atoms with E-state index in [1.54, 1.807) is 18.0 Å². The fraction of sp³-hybridized carbons (Fsp3) is 0.429. The van der Waals surface area contributed by atoms with E-state index in [4.69, 9.17) is 16.3 Å². The zero-order chi connectivity index (χ0) is 19.1. The number of anilines is 1. The molecule has 3 nitrogen and oxygen atoms in total. The van der Waals surface area contributed by atoms with Gasteiger partial charge in [0.2, 0.25) is 0 Å². The highest BCUT2D eigenvalue weighted by Gasteiger charge is 2.15. The molecule has 3 rings (SSSR count). The van der Waals surface area contributed by atoms with Crippen LogP contribution in [-0.4, -0.2) is 44.3 Å². The number of nitrogens with zero attached hydrogens (tertiary/aromatic N) is 2. The number of ether oxygens (including phenoxy) is 1. The van der Waals surface area contributed by atoms with Crippen molar-refractivity contribution in [2.24, 2.45) is 0 Å². The third kappa shape index (κ3) is 6.39. The van der Waals surface area contributed by atoms with Crippen molar-refractivity contribution in [2.75, 3.05) is 43.7 Å². The summed E-state index contributed by atoms with van der Waals surface area (Å²) in [7, 11) is 0. The fourth-order valence-electron chi connectivity index (χ4n) is 3.07. The van der Waals surface area contributed by atoms with Crippen molar-refractivity contribution in [1.29, 1.82) is 0 Å². The largest absolute Gasteiger partial charge is 0.379 e. The van der Waals surface area contributed by atoms with Crippen LogP contribution in [0.1, 0.15) is 18.4 Å². The van der Waals surface area contributed by atoms with Crippen LogP contribution in [0.2, 0.25) is 5.02 Å². The molecular formula is C21H26ClFN2OS. The number of benzene rings is 2. The van der Waals surface area contributed by atoms with Crippen LogP contribution in [0.5, 0.6) is 0 Å². The Balaban J connectivity index is 1.63. The summed E-state index contributed by atoms with van der Waals surface area (Å²) in [5.41, 5.74) is 1.70. The molecule has 0 amide bonds. The number of morpholine rings is 1. The van der Waals surface area contributed by atoms with E-state index in [9.17, 15) is 4.39 Å². The molecule has 0 aromatic heterocycles. The van der Waals surface area contributed by atoms with Crippen molar-refractivity contribution >= 4 is 29.2 Å². The van der Waals surface area contributed by atoms with Crippen molar-refractivity contribution in [3.63, 3.8) is 0 Å². The SMILES string of the molecule is Cc1ccc(F)c(N(CCCCN2CCOCC2)Sc2ccc(Cl)cc2)c1. The Kier molecular flexibility index (Phi) is 7.82. The zero-order valence-electron chi connectivity index (χ0n) is 15.7. The minimum absolute atomic E-state index is 0.185. The Morgan fingerprint density at radius 2 is 1.85 bits per heavy atom. The van der Waals surface area contributed by atoms with Gasteiger partial charge in [-0.05, 0) is 80.2 Å². The van der Waals surface area contributed by atoms with Crippen molar-refractivity contribution in [3.8, 4) is 0 Å². The summed E-state index contributed by atoms with van der Waals surface area (Å²) in [6.45, 7) is 7.52. The van der Waals surface area contributed by atoms with Crippen LogP contribution in [0.15, 0.2) is 47.4 Å². The highest BCUT2D eigenvalue weighted by atomic mass is 35.5. The van der Waals surface area contributed by atoms with E-state index in [-0.39, 0.29) is 5.82 Å². The monoisotopic (exact) mass is 408 g/mol. The van der Waals surface area contributed by atoms with Crippen LogP contribution in [0.25, 0.3) is 0 Å². The highest BCUT2D eigenvalue weighted by Crippen LogP contribution is 2.32. The van der Waals surface area contributed by atoms with Crippen molar-refractivity contribution in [3.05, 3.63) is 58.9 Å². The van der Waals surface area contributed by atoms with Crippen molar-refractivity contribution < 1.29 is 9.13 Å². The standard InChI is InChI=1S/C21H26ClFN2OS/c1-17-4-9-20(23)21(16-17)25(27-19-7-5-18(22)6-8-19)11-3-2-10-24-12-14-26-15-13-24/h4-9,16H,2-3,10-15H2,1H3. The van der Waals surface area contributed by atoms with E-state index >= 15 is 0 Å². The first-order valence-electron chi connectivity index (χ1n) is 9.39. The normalized spacial score (nSPS) is 15.1. The van der Waals surface area contributed by atoms with E-state index in [0.717, 1.165) is 62.7 Å². The fourth-order valence-corrected chi connectivity index (χ4v) is 4.16. The molecule has 0 aliphatic carbocycles. The highest BCUT2D eigenvalue weighted by molar-refractivity contribution is 8.00. The van der Waals surface area contributed by atoms with Crippen LogP contribution in [0.4, 0.5) is 10.1 Å². The van der Waals surface area contributed by atoms with E-state index < -0.39 is 0 Å². The van der Waals surface area contributed by atoms with Gasteiger partial charge in [0.25, 0.3) is 0 Å². The van der Waals surface area contributed by atoms with Crippen LogP contribution in [0, 0.1) is 12.7 Å². The summed E-state index contributed by atoms with van der Waals surface area (Å²) >= 11 is 7.55. The number of halogens is 2. The van der Waals surface area contributed by atoms with E-state index in [2.05, 4.69) is 9.21 Å². The third-order valence-electron chi connectivity index (χ3n) is 4.59. The second-order valence-corrected chi connectivity index (χ2v) is 8.29. The predicted octanol–water partition coefficient (Wildman–Crippen LogP) is 5.41. The van der Waals surface area contributed by atoms with Gasteiger partial charge in [0.05, 0.1) is 18.9 Å². The van der Waals surface area contributed by atoms with Crippen LogP contribution in [-0.2, 0) is 4.74 Å². The van der Waals surface area contributed by atoms with Gasteiger partial charge in [0.1, 0.15) is 5.82 Å². The van der Waals surface area contributed by atoms with Crippen LogP contribution < -0.4 is 4.31 Å². The molecule has 0 radical (unpaired) electrons. The Morgan fingerprint density at radius 1 is 1.11 bits per heavy atom. The van der Waals surface area contributed by atoms with E-state index in [0.29, 0.717) is 10.7 Å². The number of hydrogen-bond donors (Lipinski definition) is 0. The molecule has 2 aromatic carbocycles. The molecule has 2 aromatic rings. The molecule has 1 fully saturated rings. The van der Waals surface area contributed by atoms with Crippen LogP contribution in [0.3, 0.4) is 0 Å². The van der Waals surface area contributed by atoms with Gasteiger partial charge in [-0.25, -0.2) is 4.39 Å². The molecule has 0 atom stereocenters. The lowest BCUT2D eigenvalue weighted by atomic mass is 10.2. The molecular weight excluding hydrogens is 383 g/mol. The first-order chi connectivity index (χ1) is 13.1. The lowest BCUT2D eigenvalue weighted by Crippen LogP contribution is -2.37. The molecule has 6 heteroatoms. The predicted molar refractivity (Wildman–Crippen MR) is 112 cm³/mol. The maximum atomic E-state index is 14.5. The average molecular weight is 409 g/mol. The Bertz CT molecular complexity index is 723. The lowest BCUT2D eigenvalue weighted by Gasteiger charge is -2.27. The molecule has 0 saturated carbocycles. The molecule has 0 spiro atoms. The van der Waals surface area contributed by atoms with Gasteiger partial charge >= 0.3 is 0 Å². The van der Waals surface area contributed by atoms with E-state index in [1.165, 1.54) is 0 Å². The van der Waals surface area contributed by atoms with Crippen molar-refractivity contribution in [2.45, 2.75) is 24.7 Å². The minimum Gasteiger partial charge on any atom is -0.379 e.